The molecule has 0 bridgehead atoms. The van der Waals surface area contributed by atoms with Crippen LogP contribution in [-0.2, 0) is 21.0 Å². The van der Waals surface area contributed by atoms with Crippen LogP contribution in [0, 0.1) is 5.41 Å². The molecule has 1 spiro atoms. The topological polar surface area (TPSA) is 69.7 Å². The van der Waals surface area contributed by atoms with Gasteiger partial charge in [-0.2, -0.15) is 17.5 Å². The van der Waals surface area contributed by atoms with Gasteiger partial charge in [-0.3, -0.25) is 9.69 Å². The second-order valence-electron chi connectivity index (χ2n) is 10.5. The lowest BCUT2D eigenvalue weighted by atomic mass is 9.69. The van der Waals surface area contributed by atoms with E-state index in [0.29, 0.717) is 30.2 Å². The second-order valence-corrected chi connectivity index (χ2v) is 12.4. The van der Waals surface area contributed by atoms with Crippen LogP contribution in [0.25, 0.3) is 0 Å². The number of halogens is 3. The molecule has 0 radical (unpaired) electrons. The Morgan fingerprint density at radius 2 is 1.56 bits per heavy atom. The maximum absolute atomic E-state index is 13.5. The Morgan fingerprint density at radius 3 is 2.14 bits per heavy atom. The number of alkyl halides is 3. The Labute approximate surface area is 210 Å². The third-order valence-corrected chi connectivity index (χ3v) is 9.60. The van der Waals surface area contributed by atoms with Crippen LogP contribution >= 0.6 is 0 Å². The van der Waals surface area contributed by atoms with Crippen LogP contribution in [0.15, 0.2) is 59.5 Å². The van der Waals surface area contributed by atoms with Crippen molar-refractivity contribution in [3.63, 3.8) is 0 Å². The maximum Gasteiger partial charge on any atom is 0.416 e. The summed E-state index contributed by atoms with van der Waals surface area (Å²) in [6.45, 7) is 5.83. The molecule has 1 amide bonds. The van der Waals surface area contributed by atoms with Gasteiger partial charge in [0.05, 0.1) is 17.0 Å². The van der Waals surface area contributed by atoms with Crippen molar-refractivity contribution < 1.29 is 26.4 Å². The first-order valence-corrected chi connectivity index (χ1v) is 13.5. The largest absolute Gasteiger partial charge is 0.416 e. The van der Waals surface area contributed by atoms with E-state index in [-0.39, 0.29) is 17.9 Å². The van der Waals surface area contributed by atoms with Crippen molar-refractivity contribution in [2.75, 3.05) is 31.5 Å². The third-order valence-electron chi connectivity index (χ3n) is 7.53. The summed E-state index contributed by atoms with van der Waals surface area (Å²) in [5.41, 5.74) is -1.07. The number of nitrogens with zero attached hydrogens (tertiary/aromatic N) is 2. The fraction of sp³-hybridized carbons (Fsp3) is 0.500. The van der Waals surface area contributed by atoms with Crippen LogP contribution in [0.2, 0.25) is 0 Å². The minimum Gasteiger partial charge on any atom is -0.325 e. The first-order chi connectivity index (χ1) is 16.8. The molecule has 6 nitrogen and oxygen atoms in total. The zero-order chi connectivity index (χ0) is 26.2. The first-order valence-electron chi connectivity index (χ1n) is 12.1. The van der Waals surface area contributed by atoms with E-state index in [0.717, 1.165) is 37.8 Å². The number of likely N-dealkylation sites (tertiary alicyclic amines) is 1. The molecule has 0 atom stereocenters. The Bertz CT molecular complexity index is 1170. The number of sulfonamides is 1. The first kappa shape index (κ1) is 26.6. The lowest BCUT2D eigenvalue weighted by molar-refractivity contribution is -0.137. The third kappa shape index (κ3) is 5.76. The smallest absolute Gasteiger partial charge is 0.325 e. The normalized spacial score (nSPS) is 20.8. The SMILES string of the molecule is CC1(C)CCC2(CCN(CC(=O)Nc3ccc(C(F)(F)F)cc3)CC2)CN1S(=O)(=O)c1ccccc1. The molecule has 2 aromatic carbocycles. The van der Waals surface area contributed by atoms with Gasteiger partial charge < -0.3 is 5.32 Å². The van der Waals surface area contributed by atoms with E-state index in [1.54, 1.807) is 34.6 Å². The van der Waals surface area contributed by atoms with Gasteiger partial charge in [0.25, 0.3) is 0 Å². The zero-order valence-electron chi connectivity index (χ0n) is 20.5. The fourth-order valence-electron chi connectivity index (χ4n) is 5.16. The maximum atomic E-state index is 13.5. The highest BCUT2D eigenvalue weighted by molar-refractivity contribution is 7.89. The van der Waals surface area contributed by atoms with Gasteiger partial charge in [0.2, 0.25) is 15.9 Å². The van der Waals surface area contributed by atoms with Crippen molar-refractivity contribution >= 4 is 21.6 Å². The molecular formula is C26H32F3N3O3S. The number of anilines is 1. The molecule has 0 aromatic heterocycles. The van der Waals surface area contributed by atoms with Gasteiger partial charge >= 0.3 is 6.18 Å². The van der Waals surface area contributed by atoms with E-state index in [1.807, 2.05) is 18.7 Å². The molecule has 10 heteroatoms. The molecule has 4 rings (SSSR count). The summed E-state index contributed by atoms with van der Waals surface area (Å²) in [6, 6.07) is 12.9. The molecule has 2 aromatic rings. The molecule has 0 saturated carbocycles. The van der Waals surface area contributed by atoms with E-state index >= 15 is 0 Å². The molecule has 36 heavy (non-hydrogen) atoms. The van der Waals surface area contributed by atoms with Crippen molar-refractivity contribution in [2.24, 2.45) is 5.41 Å². The van der Waals surface area contributed by atoms with Crippen LogP contribution in [0.5, 0.6) is 0 Å². The second kappa shape index (κ2) is 9.79. The summed E-state index contributed by atoms with van der Waals surface area (Å²) < 4.78 is 66.8. The average Bonchev–Trinajstić information content (AvgIpc) is 2.82. The Balaban J connectivity index is 1.36. The Hall–Kier alpha value is -2.43. The highest BCUT2D eigenvalue weighted by Gasteiger charge is 2.49. The van der Waals surface area contributed by atoms with Gasteiger partial charge in [-0.1, -0.05) is 18.2 Å². The number of hydrogen-bond acceptors (Lipinski definition) is 4. The summed E-state index contributed by atoms with van der Waals surface area (Å²) in [7, 11) is -3.64. The van der Waals surface area contributed by atoms with Crippen LogP contribution in [0.1, 0.15) is 45.1 Å². The van der Waals surface area contributed by atoms with Crippen molar-refractivity contribution in [3.05, 3.63) is 60.2 Å². The van der Waals surface area contributed by atoms with Crippen LogP contribution in [0.3, 0.4) is 0 Å². The van der Waals surface area contributed by atoms with Gasteiger partial charge in [0, 0.05) is 17.8 Å². The number of carbonyl (C=O) groups excluding carboxylic acids is 1. The van der Waals surface area contributed by atoms with Gasteiger partial charge in [0.15, 0.2) is 0 Å². The van der Waals surface area contributed by atoms with Gasteiger partial charge in [-0.15, -0.1) is 0 Å². The van der Waals surface area contributed by atoms with E-state index < -0.39 is 27.3 Å². The molecule has 2 fully saturated rings. The summed E-state index contributed by atoms with van der Waals surface area (Å²) in [6.07, 6.45) is -1.19. The molecular weight excluding hydrogens is 491 g/mol. The van der Waals surface area contributed by atoms with E-state index in [1.165, 1.54) is 12.1 Å². The summed E-state index contributed by atoms with van der Waals surface area (Å²) in [5, 5.41) is 2.66. The van der Waals surface area contributed by atoms with Gasteiger partial charge in [-0.25, -0.2) is 8.42 Å². The number of hydrogen-bond donors (Lipinski definition) is 1. The summed E-state index contributed by atoms with van der Waals surface area (Å²) in [5.74, 6) is -0.288. The van der Waals surface area contributed by atoms with Gasteiger partial charge in [-0.05, 0) is 94.4 Å². The molecule has 2 aliphatic heterocycles. The van der Waals surface area contributed by atoms with Crippen molar-refractivity contribution in [1.29, 1.82) is 0 Å². The minimum atomic E-state index is -4.42. The fourth-order valence-corrected chi connectivity index (χ4v) is 7.10. The van der Waals surface area contributed by atoms with Crippen LogP contribution < -0.4 is 5.32 Å². The predicted octanol–water partition coefficient (Wildman–Crippen LogP) is 4.99. The molecule has 2 aliphatic rings. The number of carbonyl (C=O) groups is 1. The molecule has 2 saturated heterocycles. The average molecular weight is 524 g/mol. The highest BCUT2D eigenvalue weighted by Crippen LogP contribution is 2.46. The number of piperidine rings is 2. The van der Waals surface area contributed by atoms with Crippen molar-refractivity contribution in [3.8, 4) is 0 Å². The molecule has 196 valence electrons. The number of benzene rings is 2. The van der Waals surface area contributed by atoms with E-state index in [2.05, 4.69) is 5.32 Å². The van der Waals surface area contributed by atoms with Crippen molar-refractivity contribution in [2.45, 2.75) is 56.1 Å². The van der Waals surface area contributed by atoms with Gasteiger partial charge in [0.1, 0.15) is 0 Å². The van der Waals surface area contributed by atoms with E-state index in [4.69, 9.17) is 0 Å². The lowest BCUT2D eigenvalue weighted by Crippen LogP contribution is -2.59. The molecule has 0 unspecified atom stereocenters. The zero-order valence-corrected chi connectivity index (χ0v) is 21.3. The van der Waals surface area contributed by atoms with Crippen molar-refractivity contribution in [1.82, 2.24) is 9.21 Å². The molecule has 0 aliphatic carbocycles. The highest BCUT2D eigenvalue weighted by atomic mass is 32.2. The predicted molar refractivity (Wildman–Crippen MR) is 132 cm³/mol. The monoisotopic (exact) mass is 523 g/mol. The molecule has 1 N–H and O–H groups in total. The summed E-state index contributed by atoms with van der Waals surface area (Å²) in [4.78, 5) is 14.8. The number of nitrogens with one attached hydrogen (secondary N) is 1. The lowest BCUT2D eigenvalue weighted by Gasteiger charge is -2.53. The Kier molecular flexibility index (Phi) is 7.24. The minimum absolute atomic E-state index is 0.134. The quantitative estimate of drug-likeness (QED) is 0.600. The standard InChI is InChI=1S/C26H32F3N3O3S/c1-24(2)12-13-25(19-32(24)36(34,35)22-6-4-3-5-7-22)14-16-31(17-15-25)18-23(33)30-21-10-8-20(9-11-21)26(27,28)29/h3-11H,12-19H2,1-2H3,(H,30,33). The molecule has 2 heterocycles. The number of rotatable bonds is 5. The number of amides is 1. The van der Waals surface area contributed by atoms with Crippen LogP contribution in [0.4, 0.5) is 18.9 Å². The summed E-state index contributed by atoms with van der Waals surface area (Å²) >= 11 is 0. The van der Waals surface area contributed by atoms with Crippen LogP contribution in [-0.4, -0.2) is 55.2 Å². The Morgan fingerprint density at radius 1 is 0.944 bits per heavy atom. The van der Waals surface area contributed by atoms with E-state index in [9.17, 15) is 26.4 Å².